The maximum absolute atomic E-state index is 14.5. The van der Waals surface area contributed by atoms with Crippen LogP contribution in [0.1, 0.15) is 182 Å². The van der Waals surface area contributed by atoms with E-state index in [-0.39, 0.29) is 87.6 Å². The molecule has 0 spiro atoms. The van der Waals surface area contributed by atoms with Crippen LogP contribution < -0.4 is 53.6 Å². The summed E-state index contributed by atoms with van der Waals surface area (Å²) in [4.78, 5) is 178. The Morgan fingerprint density at radius 2 is 0.750 bits per heavy atom. The maximum Gasteiger partial charge on any atom is 0.326 e. The summed E-state index contributed by atoms with van der Waals surface area (Å²) in [6.07, 6.45) is 1.32. The number of rotatable bonds is 32. The predicted octanol–water partition coefficient (Wildman–Crippen LogP) is 0.772. The van der Waals surface area contributed by atoms with Crippen molar-refractivity contribution in [2.24, 2.45) is 35.3 Å². The van der Waals surface area contributed by atoms with Gasteiger partial charge in [0, 0.05) is 20.0 Å². The van der Waals surface area contributed by atoms with Crippen LogP contribution in [-0.2, 0) is 62.3 Å². The minimum Gasteiger partial charge on any atom is -0.480 e. The third kappa shape index (κ3) is 22.9. The molecule has 0 aromatic rings. The SMILES string of the molecule is CC(=O)NC(C)(C)C(=O)N[C@@H](CC(N)=O)C(=O)N[C@@H](CC(C)C)C(=O)N[C@@H](CC(C)C)C(=O)NC(C)(C)C(=O)N1CCC[C@H]1C(=O)N[C@@H](CC(C)C)C(=O)N[C@@H](CC(C)C)C(=O)NC(C)(C)C(=O)N1CCC[C@H]1C(=O)N[C@@H](CC(C)C)C(=O)O. The van der Waals surface area contributed by atoms with Crippen LogP contribution in [0.25, 0.3) is 0 Å². The van der Waals surface area contributed by atoms with Gasteiger partial charge in [-0.3, -0.25) is 57.5 Å². The largest absolute Gasteiger partial charge is 0.480 e. The highest BCUT2D eigenvalue weighted by Crippen LogP contribution is 2.25. The molecule has 0 aromatic carbocycles. The Morgan fingerprint density at radius 3 is 1.07 bits per heavy atom. The van der Waals surface area contributed by atoms with E-state index in [1.54, 1.807) is 13.8 Å². The van der Waals surface area contributed by atoms with E-state index < -0.39 is 148 Å². The third-order valence-corrected chi connectivity index (χ3v) is 14.3. The first kappa shape index (κ1) is 73.2. The highest BCUT2D eigenvalue weighted by Gasteiger charge is 2.46. The molecule has 84 heavy (non-hydrogen) atoms. The average Bonchev–Trinajstić information content (AvgIpc) is 4.08. The van der Waals surface area contributed by atoms with Crippen molar-refractivity contribution in [3.8, 4) is 0 Å². The molecule has 26 heteroatoms. The molecule has 476 valence electrons. The Morgan fingerprint density at radius 1 is 0.440 bits per heavy atom. The Kier molecular flexibility index (Phi) is 27.8. The maximum atomic E-state index is 14.5. The van der Waals surface area contributed by atoms with Crippen LogP contribution >= 0.6 is 0 Å². The summed E-state index contributed by atoms with van der Waals surface area (Å²) in [7, 11) is 0. The quantitative estimate of drug-likeness (QED) is 0.0444. The zero-order valence-corrected chi connectivity index (χ0v) is 52.7. The van der Waals surface area contributed by atoms with Crippen LogP contribution in [0.5, 0.6) is 0 Å². The number of carbonyl (C=O) groups is 13. The van der Waals surface area contributed by atoms with E-state index in [4.69, 9.17) is 5.73 Å². The van der Waals surface area contributed by atoms with Crippen molar-refractivity contribution in [2.45, 2.75) is 247 Å². The molecule has 0 saturated carbocycles. The van der Waals surface area contributed by atoms with E-state index >= 15 is 0 Å². The van der Waals surface area contributed by atoms with Crippen molar-refractivity contribution >= 4 is 76.9 Å². The fourth-order valence-electron chi connectivity index (χ4n) is 10.3. The Balaban J connectivity index is 2.32. The topological polar surface area (TPSA) is 383 Å². The van der Waals surface area contributed by atoms with Crippen LogP contribution in [0.3, 0.4) is 0 Å². The van der Waals surface area contributed by atoms with Gasteiger partial charge in [0.15, 0.2) is 0 Å². The van der Waals surface area contributed by atoms with Gasteiger partial charge in [-0.25, -0.2) is 4.79 Å². The summed E-state index contributed by atoms with van der Waals surface area (Å²) < 4.78 is 0. The smallest absolute Gasteiger partial charge is 0.326 e. The molecule has 2 saturated heterocycles. The van der Waals surface area contributed by atoms with Crippen LogP contribution in [0.15, 0.2) is 0 Å². The molecule has 0 unspecified atom stereocenters. The second-order valence-corrected chi connectivity index (χ2v) is 26.3. The van der Waals surface area contributed by atoms with E-state index in [9.17, 15) is 67.4 Å². The molecule has 0 aromatic heterocycles. The number of carboxylic acids is 1. The Labute approximate surface area is 495 Å². The van der Waals surface area contributed by atoms with Crippen molar-refractivity contribution < 1.29 is 67.4 Å². The van der Waals surface area contributed by atoms with E-state index in [1.165, 1.54) is 58.3 Å². The van der Waals surface area contributed by atoms with Gasteiger partial charge in [-0.2, -0.15) is 0 Å². The summed E-state index contributed by atoms with van der Waals surface area (Å²) in [6.45, 7) is 28.4. The molecule has 2 aliphatic heterocycles. The lowest BCUT2D eigenvalue weighted by Gasteiger charge is -2.35. The normalized spacial score (nSPS) is 17.8. The third-order valence-electron chi connectivity index (χ3n) is 14.3. The van der Waals surface area contributed by atoms with Crippen molar-refractivity contribution in [3.63, 3.8) is 0 Å². The van der Waals surface area contributed by atoms with E-state index in [0.717, 1.165) is 0 Å². The zero-order valence-electron chi connectivity index (χ0n) is 52.7. The van der Waals surface area contributed by atoms with Gasteiger partial charge in [0.05, 0.1) is 6.42 Å². The van der Waals surface area contributed by atoms with E-state index in [2.05, 4.69) is 47.9 Å². The van der Waals surface area contributed by atoms with Crippen molar-refractivity contribution in [1.29, 1.82) is 0 Å². The number of nitrogens with two attached hydrogens (primary N) is 1. The van der Waals surface area contributed by atoms with Gasteiger partial charge in [0.2, 0.25) is 70.9 Å². The average molecular weight is 1190 g/mol. The minimum atomic E-state index is -1.67. The lowest BCUT2D eigenvalue weighted by atomic mass is 9.97. The number of amides is 12. The first-order chi connectivity index (χ1) is 38.6. The van der Waals surface area contributed by atoms with Gasteiger partial charge in [-0.1, -0.05) is 69.2 Å². The number of hydrogen-bond donors (Lipinski definition) is 11. The molecular formula is C58H100N12O14. The molecule has 0 bridgehead atoms. The predicted molar refractivity (Wildman–Crippen MR) is 312 cm³/mol. The number of likely N-dealkylation sites (tertiary alicyclic amines) is 2. The standard InChI is InChI=1S/C58H100N12O14/c1-30(2)24-36(60-47(75)40(29-44(59)72)65-53(82)56(12,13)66-35(11)71)45(73)61-38(26-32(5)6)48(76)67-57(14,15)54(83)69-22-18-20-42(69)50(78)63-37(25-31(3)4)46(74)62-39(27-33(7)8)49(77)68-58(16,17)55(84)70-23-19-21-43(70)51(79)64-41(52(80)81)28-34(9)10/h30-34,36-43H,18-29H2,1-17H3,(H2,59,72)(H,60,75)(H,61,73)(H,62,74)(H,63,78)(H,64,79)(H,65,82)(H,66,71)(H,67,76)(H,68,77)(H,80,81)/t36-,37-,38-,39-,40-,41-,42-,43-/m0/s1. The minimum absolute atomic E-state index is 0.0281. The molecule has 2 rings (SSSR count). The number of hydrogen-bond acceptors (Lipinski definition) is 13. The highest BCUT2D eigenvalue weighted by atomic mass is 16.4. The number of nitrogens with one attached hydrogen (secondary N) is 9. The first-order valence-corrected chi connectivity index (χ1v) is 29.5. The zero-order chi connectivity index (χ0) is 64.5. The van der Waals surface area contributed by atoms with Crippen molar-refractivity contribution in [2.75, 3.05) is 13.1 Å². The van der Waals surface area contributed by atoms with Crippen LogP contribution in [0, 0.1) is 29.6 Å². The molecule has 2 fully saturated rings. The Hall–Kier alpha value is -6.89. The number of primary amides is 1. The first-order valence-electron chi connectivity index (χ1n) is 29.5. The van der Waals surface area contributed by atoms with Gasteiger partial charge in [-0.15, -0.1) is 0 Å². The van der Waals surface area contributed by atoms with Gasteiger partial charge in [0.25, 0.3) is 0 Å². The monoisotopic (exact) mass is 1190 g/mol. The molecule has 0 radical (unpaired) electrons. The highest BCUT2D eigenvalue weighted by molar-refractivity contribution is 6.01. The van der Waals surface area contributed by atoms with Gasteiger partial charge in [-0.05, 0) is 129 Å². The molecule has 2 aliphatic rings. The molecule has 8 atom stereocenters. The Bertz CT molecular complexity index is 2400. The number of aliphatic carboxylic acids is 1. The number of carbonyl (C=O) groups excluding carboxylic acids is 12. The summed E-state index contributed by atoms with van der Waals surface area (Å²) in [5.74, 6) is -10.5. The van der Waals surface area contributed by atoms with Crippen LogP contribution in [0.4, 0.5) is 0 Å². The van der Waals surface area contributed by atoms with Crippen molar-refractivity contribution in [1.82, 2.24) is 57.7 Å². The molecule has 12 N–H and O–H groups in total. The van der Waals surface area contributed by atoms with Crippen LogP contribution in [-0.4, -0.2) is 170 Å². The van der Waals surface area contributed by atoms with Crippen LogP contribution in [0.2, 0.25) is 0 Å². The van der Waals surface area contributed by atoms with E-state index in [1.807, 2.05) is 55.4 Å². The molecule has 26 nitrogen and oxygen atoms in total. The van der Waals surface area contributed by atoms with Gasteiger partial charge < -0.3 is 68.5 Å². The number of carboxylic acid groups (broad SMARTS) is 1. The lowest BCUT2D eigenvalue weighted by molar-refractivity contribution is -0.147. The fourth-order valence-corrected chi connectivity index (χ4v) is 10.3. The second-order valence-electron chi connectivity index (χ2n) is 26.3. The fraction of sp³-hybridized carbons (Fsp3) is 0.776. The second kappa shape index (κ2) is 31.8. The summed E-state index contributed by atoms with van der Waals surface area (Å²) in [5, 5.41) is 33.6. The molecular weight excluding hydrogens is 1090 g/mol. The van der Waals surface area contributed by atoms with Gasteiger partial charge >= 0.3 is 5.97 Å². The number of nitrogens with zero attached hydrogens (tertiary/aromatic N) is 2. The molecule has 0 aliphatic carbocycles. The summed E-state index contributed by atoms with van der Waals surface area (Å²) in [5.41, 5.74) is 0.675. The summed E-state index contributed by atoms with van der Waals surface area (Å²) >= 11 is 0. The van der Waals surface area contributed by atoms with Gasteiger partial charge in [0.1, 0.15) is 65.0 Å². The lowest BCUT2D eigenvalue weighted by Crippen LogP contribution is -2.64. The van der Waals surface area contributed by atoms with Crippen molar-refractivity contribution in [3.05, 3.63) is 0 Å². The molecule has 2 heterocycles. The van der Waals surface area contributed by atoms with E-state index in [0.29, 0.717) is 12.8 Å². The molecule has 12 amide bonds. The summed E-state index contributed by atoms with van der Waals surface area (Å²) in [6, 6.07) is -9.65.